The van der Waals surface area contributed by atoms with Crippen LogP contribution in [0.5, 0.6) is 5.75 Å². The number of aromatic nitrogens is 1. The first kappa shape index (κ1) is 14.2. The molecule has 0 unspecified atom stereocenters. The van der Waals surface area contributed by atoms with Gasteiger partial charge in [-0.05, 0) is 37.3 Å². The summed E-state index contributed by atoms with van der Waals surface area (Å²) in [5, 5.41) is 9.49. The number of benzene rings is 1. The van der Waals surface area contributed by atoms with Crippen molar-refractivity contribution in [3.05, 3.63) is 51.3 Å². The lowest BCUT2D eigenvalue weighted by Gasteiger charge is -2.14. The van der Waals surface area contributed by atoms with Gasteiger partial charge < -0.3 is 9.30 Å². The first-order valence-electron chi connectivity index (χ1n) is 6.10. The Morgan fingerprint density at radius 3 is 2.70 bits per heavy atom. The third-order valence-electron chi connectivity index (χ3n) is 3.05. The Balaban J connectivity index is 2.77. The quantitative estimate of drug-likeness (QED) is 0.872. The van der Waals surface area contributed by atoms with E-state index in [0.717, 1.165) is 5.56 Å². The predicted octanol–water partition coefficient (Wildman–Crippen LogP) is 3.07. The summed E-state index contributed by atoms with van der Waals surface area (Å²) >= 11 is 6.02. The molecule has 1 heterocycles. The Bertz CT molecular complexity index is 745. The van der Waals surface area contributed by atoms with Gasteiger partial charge in [-0.15, -0.1) is 0 Å². The Morgan fingerprint density at radius 2 is 2.10 bits per heavy atom. The molecule has 0 aliphatic carbocycles. The van der Waals surface area contributed by atoms with Crippen LogP contribution in [0.3, 0.4) is 0 Å². The molecule has 0 fully saturated rings. The van der Waals surface area contributed by atoms with Gasteiger partial charge in [0.15, 0.2) is 0 Å². The summed E-state index contributed by atoms with van der Waals surface area (Å²) in [6.45, 7) is 2.31. The summed E-state index contributed by atoms with van der Waals surface area (Å²) in [5.41, 5.74) is 1.21. The number of ether oxygens (including phenoxy) is 1. The molecular weight excluding hydrogens is 276 g/mol. The maximum absolute atomic E-state index is 12.2. The van der Waals surface area contributed by atoms with E-state index in [4.69, 9.17) is 21.6 Å². The van der Waals surface area contributed by atoms with Crippen molar-refractivity contribution in [2.24, 2.45) is 0 Å². The summed E-state index contributed by atoms with van der Waals surface area (Å²) in [6, 6.07) is 10.4. The van der Waals surface area contributed by atoms with Gasteiger partial charge in [0.1, 0.15) is 17.4 Å². The number of hydrogen-bond donors (Lipinski definition) is 0. The summed E-state index contributed by atoms with van der Waals surface area (Å²) in [6.07, 6.45) is 0. The number of nitriles is 1. The molecule has 20 heavy (non-hydrogen) atoms. The Kier molecular flexibility index (Phi) is 4.11. The van der Waals surface area contributed by atoms with Crippen LogP contribution in [0.4, 0.5) is 0 Å². The van der Waals surface area contributed by atoms with Gasteiger partial charge in [-0.25, -0.2) is 0 Å². The smallest absolute Gasteiger partial charge is 0.268 e. The van der Waals surface area contributed by atoms with Gasteiger partial charge in [0.25, 0.3) is 5.56 Å². The largest absolute Gasteiger partial charge is 0.496 e. The zero-order valence-electron chi connectivity index (χ0n) is 11.2. The molecule has 0 aliphatic heterocycles. The van der Waals surface area contributed by atoms with Crippen LogP contribution in [-0.2, 0) is 6.54 Å². The summed E-state index contributed by atoms with van der Waals surface area (Å²) in [4.78, 5) is 12.2. The van der Waals surface area contributed by atoms with E-state index in [9.17, 15) is 4.79 Å². The molecule has 0 radical (unpaired) electrons. The van der Waals surface area contributed by atoms with Gasteiger partial charge in [-0.2, -0.15) is 5.26 Å². The Labute approximate surface area is 121 Å². The van der Waals surface area contributed by atoms with E-state index in [-0.39, 0.29) is 11.1 Å². The molecule has 2 rings (SSSR count). The Morgan fingerprint density at radius 1 is 1.35 bits per heavy atom. The maximum atomic E-state index is 12.2. The van der Waals surface area contributed by atoms with Crippen molar-refractivity contribution >= 4 is 11.6 Å². The molecule has 0 atom stereocenters. The van der Waals surface area contributed by atoms with Crippen LogP contribution >= 0.6 is 11.6 Å². The number of hydrogen-bond acceptors (Lipinski definition) is 3. The minimum Gasteiger partial charge on any atom is -0.496 e. The van der Waals surface area contributed by atoms with Crippen LogP contribution in [0.2, 0.25) is 5.02 Å². The molecule has 0 amide bonds. The number of rotatable bonds is 3. The lowest BCUT2D eigenvalue weighted by Crippen LogP contribution is -2.23. The average molecular weight is 289 g/mol. The second-order valence-electron chi connectivity index (χ2n) is 4.14. The van der Waals surface area contributed by atoms with Crippen molar-refractivity contribution in [1.29, 1.82) is 5.26 Å². The highest BCUT2D eigenvalue weighted by molar-refractivity contribution is 6.30. The molecule has 0 aliphatic rings. The van der Waals surface area contributed by atoms with Gasteiger partial charge in [0, 0.05) is 17.1 Å². The summed E-state index contributed by atoms with van der Waals surface area (Å²) < 4.78 is 6.85. The highest BCUT2D eigenvalue weighted by Crippen LogP contribution is 2.31. The van der Waals surface area contributed by atoms with Gasteiger partial charge in [-0.1, -0.05) is 11.6 Å². The lowest BCUT2D eigenvalue weighted by molar-refractivity contribution is 0.416. The standard InChI is InChI=1S/C15H13ClN2O2/c1-3-18-13(6-4-10(9-17)15(18)19)12-8-11(16)5-7-14(12)20-2/h4-8H,3H2,1-2H3. The normalized spacial score (nSPS) is 10.1. The average Bonchev–Trinajstić information content (AvgIpc) is 2.46. The van der Waals surface area contributed by atoms with E-state index < -0.39 is 0 Å². The van der Waals surface area contributed by atoms with Gasteiger partial charge in [-0.3, -0.25) is 4.79 Å². The topological polar surface area (TPSA) is 55.0 Å². The monoisotopic (exact) mass is 288 g/mol. The second kappa shape index (κ2) is 5.81. The number of halogens is 1. The van der Waals surface area contributed by atoms with E-state index in [1.165, 1.54) is 10.6 Å². The summed E-state index contributed by atoms with van der Waals surface area (Å²) in [5.74, 6) is 0.626. The third-order valence-corrected chi connectivity index (χ3v) is 3.28. The highest BCUT2D eigenvalue weighted by atomic mass is 35.5. The van der Waals surface area contributed by atoms with Gasteiger partial charge in [0.05, 0.1) is 12.8 Å². The molecule has 0 N–H and O–H groups in total. The molecule has 0 spiro atoms. The lowest BCUT2D eigenvalue weighted by atomic mass is 10.1. The number of methoxy groups -OCH3 is 1. The predicted molar refractivity (Wildman–Crippen MR) is 78.1 cm³/mol. The molecule has 0 saturated heterocycles. The Hall–Kier alpha value is -2.25. The zero-order chi connectivity index (χ0) is 14.7. The van der Waals surface area contributed by atoms with E-state index in [1.807, 2.05) is 13.0 Å². The van der Waals surface area contributed by atoms with Crippen LogP contribution in [0.1, 0.15) is 12.5 Å². The molecule has 5 heteroatoms. The molecule has 1 aromatic carbocycles. The van der Waals surface area contributed by atoms with E-state index >= 15 is 0 Å². The molecule has 2 aromatic rings. The molecule has 102 valence electrons. The molecule has 4 nitrogen and oxygen atoms in total. The van der Waals surface area contributed by atoms with Crippen LogP contribution < -0.4 is 10.3 Å². The van der Waals surface area contributed by atoms with Crippen molar-refractivity contribution in [2.45, 2.75) is 13.5 Å². The third kappa shape index (κ3) is 2.40. The van der Waals surface area contributed by atoms with Gasteiger partial charge >= 0.3 is 0 Å². The molecule has 0 bridgehead atoms. The fourth-order valence-electron chi connectivity index (χ4n) is 2.09. The van der Waals surface area contributed by atoms with Crippen LogP contribution in [0.25, 0.3) is 11.3 Å². The second-order valence-corrected chi connectivity index (χ2v) is 4.57. The maximum Gasteiger partial charge on any atom is 0.268 e. The van der Waals surface area contributed by atoms with Crippen molar-refractivity contribution < 1.29 is 4.74 Å². The van der Waals surface area contributed by atoms with E-state index in [0.29, 0.717) is 23.0 Å². The summed E-state index contributed by atoms with van der Waals surface area (Å²) in [7, 11) is 1.56. The molecule has 0 saturated carbocycles. The van der Waals surface area contributed by atoms with Gasteiger partial charge in [0.2, 0.25) is 0 Å². The van der Waals surface area contributed by atoms with Crippen LogP contribution in [0.15, 0.2) is 35.1 Å². The minimum atomic E-state index is -0.311. The fraction of sp³-hybridized carbons (Fsp3) is 0.200. The van der Waals surface area contributed by atoms with Crippen molar-refractivity contribution in [1.82, 2.24) is 4.57 Å². The first-order valence-corrected chi connectivity index (χ1v) is 6.48. The number of nitrogens with zero attached hydrogens (tertiary/aromatic N) is 2. The SMILES string of the molecule is CCn1c(-c2cc(Cl)ccc2OC)ccc(C#N)c1=O. The fourth-order valence-corrected chi connectivity index (χ4v) is 2.27. The van der Waals surface area contributed by atoms with Crippen molar-refractivity contribution in [3.8, 4) is 23.1 Å². The van der Waals surface area contributed by atoms with Crippen LogP contribution in [-0.4, -0.2) is 11.7 Å². The zero-order valence-corrected chi connectivity index (χ0v) is 11.9. The number of pyridine rings is 1. The van der Waals surface area contributed by atoms with Crippen molar-refractivity contribution in [2.75, 3.05) is 7.11 Å². The molecule has 1 aromatic heterocycles. The minimum absolute atomic E-state index is 0.122. The van der Waals surface area contributed by atoms with E-state index in [1.54, 1.807) is 31.4 Å². The van der Waals surface area contributed by atoms with Crippen LogP contribution in [0, 0.1) is 11.3 Å². The molecular formula is C15H13ClN2O2. The van der Waals surface area contributed by atoms with E-state index in [2.05, 4.69) is 0 Å². The van der Waals surface area contributed by atoms with Crippen molar-refractivity contribution in [3.63, 3.8) is 0 Å². The highest BCUT2D eigenvalue weighted by Gasteiger charge is 2.13. The first-order chi connectivity index (χ1) is 9.62.